The average Bonchev–Trinajstić information content (AvgIpc) is 2.54. The highest BCUT2D eigenvalue weighted by Gasteiger charge is 2.19. The molecule has 0 fully saturated rings. The van der Waals surface area contributed by atoms with Gasteiger partial charge in [-0.25, -0.2) is 9.97 Å². The molecule has 0 amide bonds. The minimum Gasteiger partial charge on any atom is -0.505 e. The van der Waals surface area contributed by atoms with Gasteiger partial charge in [0.05, 0.1) is 0 Å². The second kappa shape index (κ2) is 5.71. The first-order chi connectivity index (χ1) is 11.0. The van der Waals surface area contributed by atoms with Crippen molar-refractivity contribution in [2.24, 2.45) is 10.2 Å². The fraction of sp³-hybridized carbons (Fsp3) is 0. The summed E-state index contributed by atoms with van der Waals surface area (Å²) >= 11 is 0. The van der Waals surface area contributed by atoms with Crippen LogP contribution < -0.4 is 0 Å². The summed E-state index contributed by atoms with van der Waals surface area (Å²) < 4.78 is 32.5. The first kappa shape index (κ1) is 15.0. The van der Waals surface area contributed by atoms with Gasteiger partial charge in [0.2, 0.25) is 0 Å². The van der Waals surface area contributed by atoms with Crippen LogP contribution in [-0.2, 0) is 10.1 Å². The van der Waals surface area contributed by atoms with Crippen molar-refractivity contribution in [2.45, 2.75) is 4.90 Å². The molecular weight excluding hydrogens is 320 g/mol. The third-order valence-electron chi connectivity index (χ3n) is 3.04. The molecule has 2 aromatic carbocycles. The van der Waals surface area contributed by atoms with Crippen LogP contribution in [0.15, 0.2) is 63.9 Å². The summed E-state index contributed by atoms with van der Waals surface area (Å²) in [5.74, 6) is -0.207. The standard InChI is InChI=1S/C14H10N4O4S/c19-13-10-5-2-1-4-9(10)12(23(20,21)22)8-11(13)17-18-14-15-6-3-7-16-14/h1-8,19H,(H,20,21,22). The number of aromatic hydroxyl groups is 1. The molecule has 1 heterocycles. The van der Waals surface area contributed by atoms with E-state index in [1.165, 1.54) is 24.5 Å². The smallest absolute Gasteiger partial charge is 0.295 e. The number of benzene rings is 2. The quantitative estimate of drug-likeness (QED) is 0.561. The van der Waals surface area contributed by atoms with Gasteiger partial charge in [-0.05, 0) is 12.1 Å². The molecule has 0 atom stereocenters. The minimum atomic E-state index is -4.50. The summed E-state index contributed by atoms with van der Waals surface area (Å²) in [6.45, 7) is 0. The number of nitrogens with zero attached hydrogens (tertiary/aromatic N) is 4. The summed E-state index contributed by atoms with van der Waals surface area (Å²) in [7, 11) is -4.50. The van der Waals surface area contributed by atoms with Crippen LogP contribution in [0.2, 0.25) is 0 Å². The van der Waals surface area contributed by atoms with Gasteiger partial charge in [0.25, 0.3) is 16.1 Å². The monoisotopic (exact) mass is 330 g/mol. The van der Waals surface area contributed by atoms with Gasteiger partial charge >= 0.3 is 0 Å². The third-order valence-corrected chi connectivity index (χ3v) is 3.93. The minimum absolute atomic E-state index is 0.0495. The van der Waals surface area contributed by atoms with E-state index >= 15 is 0 Å². The molecule has 0 aliphatic carbocycles. The van der Waals surface area contributed by atoms with Gasteiger partial charge < -0.3 is 5.11 Å². The molecule has 0 unspecified atom stereocenters. The lowest BCUT2D eigenvalue weighted by molar-refractivity contribution is 0.480. The summed E-state index contributed by atoms with van der Waals surface area (Å²) in [6, 6.07) is 8.84. The SMILES string of the molecule is O=S(=O)(O)c1cc(N=Nc2ncccn2)c(O)c2ccccc12. The number of fused-ring (bicyclic) bond motifs is 1. The molecule has 0 saturated heterocycles. The Morgan fingerprint density at radius 3 is 2.26 bits per heavy atom. The number of phenolic OH excluding ortho intramolecular Hbond substituents is 1. The summed E-state index contributed by atoms with van der Waals surface area (Å²) in [5, 5.41) is 18.2. The van der Waals surface area contributed by atoms with Crippen LogP contribution >= 0.6 is 0 Å². The van der Waals surface area contributed by atoms with Crippen LogP contribution in [-0.4, -0.2) is 28.0 Å². The molecule has 1 aromatic heterocycles. The summed E-state index contributed by atoms with van der Waals surface area (Å²) in [5.41, 5.74) is -0.122. The molecule has 0 bridgehead atoms. The predicted molar refractivity (Wildman–Crippen MR) is 81.6 cm³/mol. The zero-order valence-electron chi connectivity index (χ0n) is 11.5. The molecule has 0 saturated carbocycles. The molecule has 116 valence electrons. The van der Waals surface area contributed by atoms with E-state index in [1.807, 2.05) is 0 Å². The van der Waals surface area contributed by atoms with E-state index in [0.29, 0.717) is 0 Å². The van der Waals surface area contributed by atoms with E-state index in [4.69, 9.17) is 0 Å². The van der Waals surface area contributed by atoms with Crippen LogP contribution in [0.4, 0.5) is 11.6 Å². The molecule has 0 radical (unpaired) electrons. The molecule has 3 aromatic rings. The highest BCUT2D eigenvalue weighted by molar-refractivity contribution is 7.86. The van der Waals surface area contributed by atoms with Gasteiger partial charge in [0.15, 0.2) is 5.75 Å². The van der Waals surface area contributed by atoms with Crippen molar-refractivity contribution in [2.75, 3.05) is 0 Å². The van der Waals surface area contributed by atoms with Gasteiger partial charge in [-0.2, -0.15) is 8.42 Å². The first-order valence-electron chi connectivity index (χ1n) is 6.38. The topological polar surface area (TPSA) is 125 Å². The van der Waals surface area contributed by atoms with Crippen molar-refractivity contribution in [3.05, 3.63) is 48.8 Å². The largest absolute Gasteiger partial charge is 0.505 e. The van der Waals surface area contributed by atoms with Crippen LogP contribution in [0.25, 0.3) is 10.8 Å². The van der Waals surface area contributed by atoms with Gasteiger partial charge in [0.1, 0.15) is 10.6 Å². The first-order valence-corrected chi connectivity index (χ1v) is 7.82. The number of aromatic nitrogens is 2. The van der Waals surface area contributed by atoms with Crippen LogP contribution in [0, 0.1) is 0 Å². The van der Waals surface area contributed by atoms with E-state index in [0.717, 1.165) is 6.07 Å². The maximum absolute atomic E-state index is 11.6. The third kappa shape index (κ3) is 3.00. The Labute approximate surface area is 130 Å². The fourth-order valence-corrected chi connectivity index (χ4v) is 2.76. The number of azo groups is 1. The number of rotatable bonds is 3. The van der Waals surface area contributed by atoms with Crippen molar-refractivity contribution in [1.29, 1.82) is 0 Å². The predicted octanol–water partition coefficient (Wildman–Crippen LogP) is 3.00. The van der Waals surface area contributed by atoms with E-state index in [2.05, 4.69) is 20.2 Å². The van der Waals surface area contributed by atoms with Crippen molar-refractivity contribution in [3.8, 4) is 5.75 Å². The Hall–Kier alpha value is -2.91. The maximum Gasteiger partial charge on any atom is 0.295 e. The average molecular weight is 330 g/mol. The number of hydrogen-bond acceptors (Lipinski definition) is 7. The lowest BCUT2D eigenvalue weighted by Gasteiger charge is -2.08. The highest BCUT2D eigenvalue weighted by Crippen LogP contribution is 2.39. The second-order valence-electron chi connectivity index (χ2n) is 4.51. The lowest BCUT2D eigenvalue weighted by atomic mass is 10.1. The fourth-order valence-electron chi connectivity index (χ4n) is 2.04. The summed E-state index contributed by atoms with van der Waals surface area (Å²) in [4.78, 5) is 7.31. The number of phenols is 1. The zero-order valence-corrected chi connectivity index (χ0v) is 12.3. The molecule has 9 heteroatoms. The Morgan fingerprint density at radius 2 is 1.61 bits per heavy atom. The molecule has 0 aliphatic heterocycles. The van der Waals surface area contributed by atoms with Gasteiger partial charge in [0, 0.05) is 23.2 Å². The number of hydrogen-bond donors (Lipinski definition) is 2. The van der Waals surface area contributed by atoms with E-state index in [-0.39, 0.29) is 33.1 Å². The molecule has 0 aliphatic rings. The highest BCUT2D eigenvalue weighted by atomic mass is 32.2. The zero-order chi connectivity index (χ0) is 16.4. The Morgan fingerprint density at radius 1 is 0.957 bits per heavy atom. The lowest BCUT2D eigenvalue weighted by Crippen LogP contribution is -1.99. The summed E-state index contributed by atoms with van der Waals surface area (Å²) in [6.07, 6.45) is 2.93. The Kier molecular flexibility index (Phi) is 3.72. The van der Waals surface area contributed by atoms with Crippen molar-refractivity contribution >= 4 is 32.5 Å². The molecule has 3 rings (SSSR count). The molecule has 23 heavy (non-hydrogen) atoms. The molecule has 0 spiro atoms. The molecule has 8 nitrogen and oxygen atoms in total. The van der Waals surface area contributed by atoms with Crippen molar-refractivity contribution in [1.82, 2.24) is 9.97 Å². The molecular formula is C14H10N4O4S. The normalized spacial score (nSPS) is 12.0. The van der Waals surface area contributed by atoms with Crippen LogP contribution in [0.1, 0.15) is 0 Å². The van der Waals surface area contributed by atoms with Gasteiger partial charge in [-0.15, -0.1) is 10.2 Å². The Bertz CT molecular complexity index is 1000. The maximum atomic E-state index is 11.6. The van der Waals surface area contributed by atoms with E-state index in [9.17, 15) is 18.1 Å². The molecule has 2 N–H and O–H groups in total. The Balaban J connectivity index is 2.22. The van der Waals surface area contributed by atoms with Crippen molar-refractivity contribution < 1.29 is 18.1 Å². The van der Waals surface area contributed by atoms with Gasteiger partial charge in [-0.3, -0.25) is 4.55 Å². The van der Waals surface area contributed by atoms with E-state index in [1.54, 1.807) is 18.2 Å². The van der Waals surface area contributed by atoms with Crippen LogP contribution in [0.5, 0.6) is 5.75 Å². The van der Waals surface area contributed by atoms with E-state index < -0.39 is 10.1 Å². The van der Waals surface area contributed by atoms with Crippen molar-refractivity contribution in [3.63, 3.8) is 0 Å². The van der Waals surface area contributed by atoms with Crippen LogP contribution in [0.3, 0.4) is 0 Å². The second-order valence-corrected chi connectivity index (χ2v) is 5.90. The van der Waals surface area contributed by atoms with Gasteiger partial charge in [-0.1, -0.05) is 24.3 Å².